The van der Waals surface area contributed by atoms with E-state index in [0.29, 0.717) is 12.8 Å². The third-order valence-electron chi connectivity index (χ3n) is 2.59. The van der Waals surface area contributed by atoms with Crippen molar-refractivity contribution >= 4 is 11.8 Å². The molecule has 13 heavy (non-hydrogen) atoms. The molecule has 1 saturated carbocycles. The van der Waals surface area contributed by atoms with Gasteiger partial charge in [0.1, 0.15) is 5.54 Å². The Hall–Kier alpha value is -1.06. The Balaban J connectivity index is 2.73. The highest BCUT2D eigenvalue weighted by Crippen LogP contribution is 2.27. The van der Waals surface area contributed by atoms with Gasteiger partial charge in [-0.05, 0) is 12.8 Å². The van der Waals surface area contributed by atoms with Crippen LogP contribution in [0.2, 0.25) is 0 Å². The molecule has 4 nitrogen and oxygen atoms in total. The second-order valence-electron chi connectivity index (χ2n) is 3.69. The van der Waals surface area contributed by atoms with Crippen LogP contribution in [0.15, 0.2) is 0 Å². The van der Waals surface area contributed by atoms with Crippen molar-refractivity contribution in [2.24, 2.45) is 5.73 Å². The Morgan fingerprint density at radius 1 is 1.23 bits per heavy atom. The summed E-state index contributed by atoms with van der Waals surface area (Å²) in [4.78, 5) is 22.1. The minimum atomic E-state index is -0.760. The Kier molecular flexibility index (Phi) is 2.90. The van der Waals surface area contributed by atoms with Crippen LogP contribution in [0, 0.1) is 0 Å². The van der Waals surface area contributed by atoms with E-state index in [2.05, 4.69) is 5.32 Å². The van der Waals surface area contributed by atoms with E-state index < -0.39 is 11.4 Å². The fourth-order valence-electron chi connectivity index (χ4n) is 1.93. The molecular weight excluding hydrogens is 168 g/mol. The van der Waals surface area contributed by atoms with Gasteiger partial charge in [0, 0.05) is 6.92 Å². The van der Waals surface area contributed by atoms with E-state index in [4.69, 9.17) is 5.73 Å². The Morgan fingerprint density at radius 3 is 2.15 bits per heavy atom. The van der Waals surface area contributed by atoms with Crippen molar-refractivity contribution in [2.75, 3.05) is 0 Å². The van der Waals surface area contributed by atoms with Gasteiger partial charge >= 0.3 is 0 Å². The number of carbonyl (C=O) groups is 2. The summed E-state index contributed by atoms with van der Waals surface area (Å²) in [5, 5.41) is 2.68. The number of rotatable bonds is 2. The average molecular weight is 184 g/mol. The van der Waals surface area contributed by atoms with Gasteiger partial charge in [0.25, 0.3) is 0 Å². The van der Waals surface area contributed by atoms with Crippen molar-refractivity contribution < 1.29 is 9.59 Å². The highest BCUT2D eigenvalue weighted by Gasteiger charge is 2.38. The quantitative estimate of drug-likeness (QED) is 0.648. The number of nitrogens with one attached hydrogen (secondary N) is 1. The number of amides is 2. The largest absolute Gasteiger partial charge is 0.368 e. The smallest absolute Gasteiger partial charge is 0.243 e. The van der Waals surface area contributed by atoms with E-state index in [0.717, 1.165) is 19.3 Å². The first kappa shape index (κ1) is 10.0. The number of primary amides is 1. The number of carbonyl (C=O) groups excluding carboxylic acids is 2. The van der Waals surface area contributed by atoms with Crippen LogP contribution in [-0.2, 0) is 9.59 Å². The number of hydrogen-bond acceptors (Lipinski definition) is 2. The molecule has 0 spiro atoms. The molecule has 1 aliphatic carbocycles. The van der Waals surface area contributed by atoms with Crippen molar-refractivity contribution in [2.45, 2.75) is 44.6 Å². The molecule has 3 N–H and O–H groups in total. The lowest BCUT2D eigenvalue weighted by Crippen LogP contribution is -2.57. The summed E-state index contributed by atoms with van der Waals surface area (Å²) < 4.78 is 0. The topological polar surface area (TPSA) is 72.2 Å². The standard InChI is InChI=1S/C9H16N2O2/c1-7(12)11-9(8(10)13)5-3-2-4-6-9/h2-6H2,1H3,(H2,10,13)(H,11,12). The van der Waals surface area contributed by atoms with Crippen LogP contribution in [0.5, 0.6) is 0 Å². The summed E-state index contributed by atoms with van der Waals surface area (Å²) >= 11 is 0. The number of hydrogen-bond donors (Lipinski definition) is 2. The predicted molar refractivity (Wildman–Crippen MR) is 48.8 cm³/mol. The minimum Gasteiger partial charge on any atom is -0.368 e. The van der Waals surface area contributed by atoms with E-state index in [1.54, 1.807) is 0 Å². The van der Waals surface area contributed by atoms with Crippen molar-refractivity contribution in [1.82, 2.24) is 5.32 Å². The predicted octanol–water partition coefficient (Wildman–Crippen LogP) is 0.311. The molecule has 0 bridgehead atoms. The lowest BCUT2D eigenvalue weighted by Gasteiger charge is -2.34. The maximum Gasteiger partial charge on any atom is 0.243 e. The van der Waals surface area contributed by atoms with Gasteiger partial charge in [0.05, 0.1) is 0 Å². The van der Waals surface area contributed by atoms with Crippen molar-refractivity contribution in [3.05, 3.63) is 0 Å². The lowest BCUT2D eigenvalue weighted by atomic mass is 9.81. The third kappa shape index (κ3) is 2.20. The maximum atomic E-state index is 11.2. The van der Waals surface area contributed by atoms with Gasteiger partial charge < -0.3 is 11.1 Å². The Morgan fingerprint density at radius 2 is 1.77 bits per heavy atom. The second-order valence-corrected chi connectivity index (χ2v) is 3.69. The van der Waals surface area contributed by atoms with Crippen LogP contribution < -0.4 is 11.1 Å². The highest BCUT2D eigenvalue weighted by atomic mass is 16.2. The molecule has 0 saturated heterocycles. The van der Waals surface area contributed by atoms with Gasteiger partial charge in [-0.2, -0.15) is 0 Å². The zero-order valence-corrected chi connectivity index (χ0v) is 7.93. The molecule has 0 unspecified atom stereocenters. The van der Waals surface area contributed by atoms with Crippen molar-refractivity contribution in [1.29, 1.82) is 0 Å². The van der Waals surface area contributed by atoms with Crippen LogP contribution in [0.1, 0.15) is 39.0 Å². The van der Waals surface area contributed by atoms with E-state index in [1.165, 1.54) is 6.92 Å². The van der Waals surface area contributed by atoms with Crippen molar-refractivity contribution in [3.63, 3.8) is 0 Å². The SMILES string of the molecule is CC(=O)NC1(C(N)=O)CCCCC1. The molecular formula is C9H16N2O2. The van der Waals surface area contributed by atoms with Crippen LogP contribution in [-0.4, -0.2) is 17.4 Å². The van der Waals surface area contributed by atoms with Crippen LogP contribution in [0.4, 0.5) is 0 Å². The maximum absolute atomic E-state index is 11.2. The van der Waals surface area contributed by atoms with Gasteiger partial charge in [-0.15, -0.1) is 0 Å². The summed E-state index contributed by atoms with van der Waals surface area (Å²) in [6.07, 6.45) is 4.41. The van der Waals surface area contributed by atoms with Crippen LogP contribution in [0.3, 0.4) is 0 Å². The first-order chi connectivity index (χ1) is 6.07. The molecule has 0 radical (unpaired) electrons. The molecule has 1 fully saturated rings. The van der Waals surface area contributed by atoms with E-state index in [-0.39, 0.29) is 5.91 Å². The summed E-state index contributed by atoms with van der Waals surface area (Å²) in [5.41, 5.74) is 4.54. The summed E-state index contributed by atoms with van der Waals surface area (Å²) in [5.74, 6) is -0.580. The van der Waals surface area contributed by atoms with E-state index in [1.807, 2.05) is 0 Å². The first-order valence-electron chi connectivity index (χ1n) is 4.65. The van der Waals surface area contributed by atoms with Gasteiger partial charge in [-0.1, -0.05) is 19.3 Å². The lowest BCUT2D eigenvalue weighted by molar-refractivity contribution is -0.132. The van der Waals surface area contributed by atoms with Crippen molar-refractivity contribution in [3.8, 4) is 0 Å². The summed E-state index contributed by atoms with van der Waals surface area (Å²) in [6.45, 7) is 1.42. The van der Waals surface area contributed by atoms with Gasteiger partial charge in [-0.3, -0.25) is 9.59 Å². The molecule has 2 amide bonds. The fourth-order valence-corrected chi connectivity index (χ4v) is 1.93. The zero-order valence-electron chi connectivity index (χ0n) is 7.93. The molecule has 0 aromatic heterocycles. The second kappa shape index (κ2) is 3.77. The Labute approximate surface area is 77.9 Å². The van der Waals surface area contributed by atoms with E-state index in [9.17, 15) is 9.59 Å². The fraction of sp³-hybridized carbons (Fsp3) is 0.778. The molecule has 0 heterocycles. The first-order valence-corrected chi connectivity index (χ1v) is 4.65. The normalized spacial score (nSPS) is 20.7. The van der Waals surface area contributed by atoms with Crippen LogP contribution >= 0.6 is 0 Å². The molecule has 4 heteroatoms. The molecule has 0 aromatic carbocycles. The summed E-state index contributed by atoms with van der Waals surface area (Å²) in [6, 6.07) is 0. The molecule has 0 aromatic rings. The minimum absolute atomic E-state index is 0.180. The molecule has 1 rings (SSSR count). The third-order valence-corrected chi connectivity index (χ3v) is 2.59. The Bertz CT molecular complexity index is 220. The van der Waals surface area contributed by atoms with Crippen LogP contribution in [0.25, 0.3) is 0 Å². The highest BCUT2D eigenvalue weighted by molar-refractivity contribution is 5.89. The van der Waals surface area contributed by atoms with E-state index >= 15 is 0 Å². The number of nitrogens with two attached hydrogens (primary N) is 1. The molecule has 0 aliphatic heterocycles. The van der Waals surface area contributed by atoms with Gasteiger partial charge in [0.15, 0.2) is 0 Å². The average Bonchev–Trinajstić information content (AvgIpc) is 2.04. The van der Waals surface area contributed by atoms with Gasteiger partial charge in [-0.25, -0.2) is 0 Å². The molecule has 74 valence electrons. The molecule has 0 atom stereocenters. The summed E-state index contributed by atoms with van der Waals surface area (Å²) in [7, 11) is 0. The van der Waals surface area contributed by atoms with Gasteiger partial charge in [0.2, 0.25) is 11.8 Å². The molecule has 1 aliphatic rings. The monoisotopic (exact) mass is 184 g/mol. The zero-order chi connectivity index (χ0) is 9.90.